The molecule has 1 aliphatic rings. The highest BCUT2D eigenvalue weighted by molar-refractivity contribution is 6.46. The zero-order valence-corrected chi connectivity index (χ0v) is 16.8. The van der Waals surface area contributed by atoms with Crippen molar-refractivity contribution < 1.29 is 24.4 Å². The highest BCUT2D eigenvalue weighted by Crippen LogP contribution is 2.40. The summed E-state index contributed by atoms with van der Waals surface area (Å²) in [6.07, 6.45) is 0.491. The number of non-ortho nitro benzene ring substituents is 1. The third kappa shape index (κ3) is 4.19. The molecule has 1 fully saturated rings. The number of likely N-dealkylation sites (tertiary alicyclic amines) is 1. The molecule has 1 atom stereocenters. The van der Waals surface area contributed by atoms with Crippen LogP contribution >= 0.6 is 11.6 Å². The van der Waals surface area contributed by atoms with Crippen LogP contribution in [0.15, 0.2) is 54.1 Å². The van der Waals surface area contributed by atoms with E-state index in [1.54, 1.807) is 24.3 Å². The van der Waals surface area contributed by atoms with E-state index in [2.05, 4.69) is 0 Å². The highest BCUT2D eigenvalue weighted by atomic mass is 35.5. The summed E-state index contributed by atoms with van der Waals surface area (Å²) in [5, 5.41) is 22.5. The third-order valence-corrected chi connectivity index (χ3v) is 5.06. The number of Topliss-reactive ketones (excluding diaryl/α,β-unsaturated/α-hetero) is 1. The summed E-state index contributed by atoms with van der Waals surface area (Å²) in [6, 6.07) is 11.0. The SMILES string of the molecule is COCCCN1C(=O)C(=O)/C(=C(\O)c2cccc([N+](=O)[O-])c2)C1c1ccc(Cl)cc1. The number of benzene rings is 2. The van der Waals surface area contributed by atoms with Crippen molar-refractivity contribution in [2.24, 2.45) is 0 Å². The molecule has 156 valence electrons. The number of halogens is 1. The molecule has 1 aliphatic heterocycles. The molecule has 1 amide bonds. The molecule has 0 bridgehead atoms. The van der Waals surface area contributed by atoms with E-state index in [4.69, 9.17) is 16.3 Å². The lowest BCUT2D eigenvalue weighted by molar-refractivity contribution is -0.384. The number of nitro benzene ring substituents is 1. The second kappa shape index (κ2) is 9.06. The fraction of sp³-hybridized carbons (Fsp3) is 0.238. The predicted molar refractivity (Wildman–Crippen MR) is 110 cm³/mol. The molecule has 1 saturated heterocycles. The van der Waals surface area contributed by atoms with Gasteiger partial charge >= 0.3 is 0 Å². The van der Waals surface area contributed by atoms with Crippen molar-refractivity contribution in [3.05, 3.63) is 80.4 Å². The smallest absolute Gasteiger partial charge is 0.295 e. The van der Waals surface area contributed by atoms with Crippen LogP contribution in [0.2, 0.25) is 5.02 Å². The number of nitrogens with zero attached hydrogens (tertiary/aromatic N) is 2. The largest absolute Gasteiger partial charge is 0.507 e. The zero-order valence-electron chi connectivity index (χ0n) is 16.1. The van der Waals surface area contributed by atoms with Crippen LogP contribution < -0.4 is 0 Å². The number of rotatable bonds is 7. The van der Waals surface area contributed by atoms with Crippen LogP contribution in [0.4, 0.5) is 5.69 Å². The minimum Gasteiger partial charge on any atom is -0.507 e. The zero-order chi connectivity index (χ0) is 21.8. The van der Waals surface area contributed by atoms with Crippen LogP contribution in [0, 0.1) is 10.1 Å². The second-order valence-electron chi connectivity index (χ2n) is 6.70. The number of hydrogen-bond donors (Lipinski definition) is 1. The standard InChI is InChI=1S/C21H19ClN2O6/c1-30-11-3-10-23-18(13-6-8-15(22)9-7-13)17(20(26)21(23)27)19(25)14-4-2-5-16(12-14)24(28)29/h2,4-9,12,18,25H,3,10-11H2,1H3/b19-17-. The fourth-order valence-electron chi connectivity index (χ4n) is 3.40. The number of carbonyl (C=O) groups excluding carboxylic acids is 2. The second-order valence-corrected chi connectivity index (χ2v) is 7.13. The summed E-state index contributed by atoms with van der Waals surface area (Å²) in [5.74, 6) is -2.07. The van der Waals surface area contributed by atoms with Gasteiger partial charge in [0, 0.05) is 43.0 Å². The van der Waals surface area contributed by atoms with Crippen molar-refractivity contribution in [3.8, 4) is 0 Å². The van der Waals surface area contributed by atoms with Gasteiger partial charge < -0.3 is 14.7 Å². The van der Waals surface area contributed by atoms with Crippen molar-refractivity contribution in [2.75, 3.05) is 20.3 Å². The number of ketones is 1. The van der Waals surface area contributed by atoms with E-state index in [1.807, 2.05) is 0 Å². The number of aliphatic hydroxyl groups excluding tert-OH is 1. The first kappa shape index (κ1) is 21.5. The number of aliphatic hydroxyl groups is 1. The van der Waals surface area contributed by atoms with Gasteiger partial charge in [-0.1, -0.05) is 35.9 Å². The molecule has 9 heteroatoms. The first-order valence-corrected chi connectivity index (χ1v) is 9.50. The average Bonchev–Trinajstić information content (AvgIpc) is 2.99. The molecule has 8 nitrogen and oxygen atoms in total. The topological polar surface area (TPSA) is 110 Å². The molecule has 0 saturated carbocycles. The maximum atomic E-state index is 12.8. The maximum Gasteiger partial charge on any atom is 0.295 e. The monoisotopic (exact) mass is 430 g/mol. The molecule has 1 N–H and O–H groups in total. The molecule has 2 aromatic carbocycles. The Bertz CT molecular complexity index is 1020. The lowest BCUT2D eigenvalue weighted by Gasteiger charge is -2.25. The van der Waals surface area contributed by atoms with Crippen LogP contribution in [-0.4, -0.2) is 46.9 Å². The first-order chi connectivity index (χ1) is 14.3. The van der Waals surface area contributed by atoms with E-state index in [9.17, 15) is 24.8 Å². The van der Waals surface area contributed by atoms with Crippen molar-refractivity contribution in [2.45, 2.75) is 12.5 Å². The fourth-order valence-corrected chi connectivity index (χ4v) is 3.53. The minimum absolute atomic E-state index is 0.0815. The van der Waals surface area contributed by atoms with Gasteiger partial charge in [0.15, 0.2) is 0 Å². The number of amides is 1. The summed E-state index contributed by atoms with van der Waals surface area (Å²) in [7, 11) is 1.53. The molecular formula is C21H19ClN2O6. The van der Waals surface area contributed by atoms with Crippen molar-refractivity contribution in [3.63, 3.8) is 0 Å². The van der Waals surface area contributed by atoms with E-state index in [0.29, 0.717) is 23.6 Å². The molecular weight excluding hydrogens is 412 g/mol. The van der Waals surface area contributed by atoms with Crippen LogP contribution in [0.3, 0.4) is 0 Å². The Balaban J connectivity index is 2.13. The number of methoxy groups -OCH3 is 1. The summed E-state index contributed by atoms with van der Waals surface area (Å²) < 4.78 is 5.03. The van der Waals surface area contributed by atoms with Gasteiger partial charge in [-0.05, 0) is 24.1 Å². The van der Waals surface area contributed by atoms with Gasteiger partial charge in [0.2, 0.25) is 0 Å². The van der Waals surface area contributed by atoms with E-state index in [1.165, 1.54) is 30.2 Å². The Morgan fingerprint density at radius 1 is 1.23 bits per heavy atom. The lowest BCUT2D eigenvalue weighted by atomic mass is 9.95. The minimum atomic E-state index is -0.851. The van der Waals surface area contributed by atoms with Gasteiger partial charge in [0.1, 0.15) is 5.76 Å². The van der Waals surface area contributed by atoms with Crippen LogP contribution in [0.5, 0.6) is 0 Å². The van der Waals surface area contributed by atoms with Gasteiger partial charge in [-0.2, -0.15) is 0 Å². The normalized spacial score (nSPS) is 18.1. The maximum absolute atomic E-state index is 12.8. The van der Waals surface area contributed by atoms with Crippen LogP contribution in [0.25, 0.3) is 5.76 Å². The highest BCUT2D eigenvalue weighted by Gasteiger charge is 2.45. The number of ether oxygens (including phenoxy) is 1. The molecule has 1 heterocycles. The van der Waals surface area contributed by atoms with Gasteiger partial charge in [-0.25, -0.2) is 0 Å². The Morgan fingerprint density at radius 3 is 2.57 bits per heavy atom. The first-order valence-electron chi connectivity index (χ1n) is 9.12. The van der Waals surface area contributed by atoms with Crippen molar-refractivity contribution in [1.82, 2.24) is 4.90 Å². The Hall–Kier alpha value is -3.23. The van der Waals surface area contributed by atoms with Crippen LogP contribution in [-0.2, 0) is 14.3 Å². The summed E-state index contributed by atoms with van der Waals surface area (Å²) in [5.41, 5.74) is 0.303. The van der Waals surface area contributed by atoms with E-state index in [0.717, 1.165) is 6.07 Å². The Morgan fingerprint density at radius 2 is 1.93 bits per heavy atom. The van der Waals surface area contributed by atoms with Gasteiger partial charge in [0.05, 0.1) is 16.5 Å². The molecule has 0 spiro atoms. The van der Waals surface area contributed by atoms with Crippen molar-refractivity contribution in [1.29, 1.82) is 0 Å². The van der Waals surface area contributed by atoms with E-state index >= 15 is 0 Å². The molecule has 0 aliphatic carbocycles. The molecule has 2 aromatic rings. The molecule has 0 aromatic heterocycles. The van der Waals surface area contributed by atoms with Gasteiger partial charge in [-0.15, -0.1) is 0 Å². The molecule has 3 rings (SSSR count). The quantitative estimate of drug-likeness (QED) is 0.179. The summed E-state index contributed by atoms with van der Waals surface area (Å²) >= 11 is 5.97. The molecule has 30 heavy (non-hydrogen) atoms. The van der Waals surface area contributed by atoms with Crippen LogP contribution in [0.1, 0.15) is 23.6 Å². The summed E-state index contributed by atoms with van der Waals surface area (Å²) in [6.45, 7) is 0.624. The third-order valence-electron chi connectivity index (χ3n) is 4.80. The van der Waals surface area contributed by atoms with Gasteiger partial charge in [-0.3, -0.25) is 19.7 Å². The van der Waals surface area contributed by atoms with Crippen molar-refractivity contribution >= 4 is 34.7 Å². The summed E-state index contributed by atoms with van der Waals surface area (Å²) in [4.78, 5) is 37.4. The molecule has 0 radical (unpaired) electrons. The Labute approximate surface area is 177 Å². The van der Waals surface area contributed by atoms with Gasteiger partial charge in [0.25, 0.3) is 17.4 Å². The Kier molecular flexibility index (Phi) is 6.49. The average molecular weight is 431 g/mol. The number of hydrogen-bond acceptors (Lipinski definition) is 6. The lowest BCUT2D eigenvalue weighted by Crippen LogP contribution is -2.31. The predicted octanol–water partition coefficient (Wildman–Crippen LogP) is 3.71. The molecule has 1 unspecified atom stereocenters. The van der Waals surface area contributed by atoms with E-state index < -0.39 is 28.4 Å². The number of carbonyl (C=O) groups is 2. The number of nitro groups is 1. The van der Waals surface area contributed by atoms with E-state index in [-0.39, 0.29) is 23.4 Å².